The third-order valence-electron chi connectivity index (χ3n) is 3.74. The first-order valence-electron chi connectivity index (χ1n) is 7.25. The van der Waals surface area contributed by atoms with Crippen LogP contribution in [0, 0.1) is 20.8 Å². The van der Waals surface area contributed by atoms with E-state index in [2.05, 4.69) is 74.7 Å². The zero-order valence-corrected chi connectivity index (χ0v) is 13.9. The maximum Gasteiger partial charge on any atom is 0.175 e. The first kappa shape index (κ1) is 15.5. The van der Waals surface area contributed by atoms with Crippen LogP contribution in [0.5, 0.6) is 0 Å². The van der Waals surface area contributed by atoms with Crippen LogP contribution in [0.25, 0.3) is 0 Å². The first-order valence-corrected chi connectivity index (χ1v) is 7.66. The topological polar surface area (TPSA) is 24.1 Å². The van der Waals surface area contributed by atoms with E-state index in [1.807, 2.05) is 0 Å². The van der Waals surface area contributed by atoms with E-state index in [-0.39, 0.29) is 0 Å². The Morgan fingerprint density at radius 3 is 2.38 bits per heavy atom. The molecule has 0 aliphatic carbocycles. The van der Waals surface area contributed by atoms with Gasteiger partial charge in [-0.25, -0.2) is 0 Å². The smallest absolute Gasteiger partial charge is 0.175 e. The zero-order chi connectivity index (χ0) is 15.4. The van der Waals surface area contributed by atoms with Gasteiger partial charge in [0, 0.05) is 11.4 Å². The molecule has 110 valence electrons. The van der Waals surface area contributed by atoms with Gasteiger partial charge in [-0.1, -0.05) is 31.2 Å². The number of thiocarbonyl (C=S) groups is 1. The lowest BCUT2D eigenvalue weighted by molar-refractivity contribution is 1.13. The molecule has 0 aromatic heterocycles. The monoisotopic (exact) mass is 298 g/mol. The van der Waals surface area contributed by atoms with Crippen molar-refractivity contribution in [3.8, 4) is 0 Å². The van der Waals surface area contributed by atoms with Crippen molar-refractivity contribution in [3.05, 3.63) is 58.7 Å². The molecule has 0 bridgehead atoms. The molecule has 0 fully saturated rings. The Morgan fingerprint density at radius 2 is 1.71 bits per heavy atom. The average Bonchev–Trinajstić information content (AvgIpc) is 2.45. The number of para-hydroxylation sites is 1. The largest absolute Gasteiger partial charge is 0.332 e. The fourth-order valence-corrected chi connectivity index (χ4v) is 2.52. The second kappa shape index (κ2) is 6.72. The van der Waals surface area contributed by atoms with Crippen molar-refractivity contribution in [1.29, 1.82) is 0 Å². The van der Waals surface area contributed by atoms with Crippen LogP contribution >= 0.6 is 12.2 Å². The maximum absolute atomic E-state index is 5.44. The molecule has 0 saturated carbocycles. The summed E-state index contributed by atoms with van der Waals surface area (Å²) >= 11 is 5.44. The summed E-state index contributed by atoms with van der Waals surface area (Å²) in [7, 11) is 0. The van der Waals surface area contributed by atoms with Gasteiger partial charge in [-0.2, -0.15) is 0 Å². The molecule has 2 aromatic carbocycles. The van der Waals surface area contributed by atoms with Crippen LogP contribution in [-0.2, 0) is 6.42 Å². The molecule has 0 aliphatic rings. The van der Waals surface area contributed by atoms with Crippen molar-refractivity contribution in [2.75, 3.05) is 10.6 Å². The predicted molar refractivity (Wildman–Crippen MR) is 96.3 cm³/mol. The van der Waals surface area contributed by atoms with E-state index in [9.17, 15) is 0 Å². The van der Waals surface area contributed by atoms with E-state index < -0.39 is 0 Å². The summed E-state index contributed by atoms with van der Waals surface area (Å²) in [6.45, 7) is 8.46. The van der Waals surface area contributed by atoms with Gasteiger partial charge in [0.1, 0.15) is 0 Å². The number of aryl methyl sites for hydroxylation is 4. The minimum absolute atomic E-state index is 0.627. The molecule has 2 N–H and O–H groups in total. The molecular formula is C18H22N2S. The van der Waals surface area contributed by atoms with Gasteiger partial charge in [-0.15, -0.1) is 0 Å². The number of rotatable bonds is 3. The van der Waals surface area contributed by atoms with Crippen LogP contribution in [0.3, 0.4) is 0 Å². The highest BCUT2D eigenvalue weighted by Crippen LogP contribution is 2.22. The highest BCUT2D eigenvalue weighted by atomic mass is 32.1. The molecule has 2 nitrogen and oxygen atoms in total. The predicted octanol–water partition coefficient (Wildman–Crippen LogP) is 4.98. The van der Waals surface area contributed by atoms with Gasteiger partial charge in [-0.3, -0.25) is 0 Å². The lowest BCUT2D eigenvalue weighted by atomic mass is 10.1. The van der Waals surface area contributed by atoms with E-state index in [0.717, 1.165) is 17.8 Å². The molecule has 0 amide bonds. The summed E-state index contributed by atoms with van der Waals surface area (Å²) in [5.41, 5.74) is 7.15. The molecule has 0 saturated heterocycles. The Hall–Kier alpha value is -1.87. The van der Waals surface area contributed by atoms with E-state index in [0.29, 0.717) is 5.11 Å². The van der Waals surface area contributed by atoms with E-state index in [4.69, 9.17) is 12.2 Å². The third kappa shape index (κ3) is 3.82. The minimum atomic E-state index is 0.627. The second-order valence-corrected chi connectivity index (χ2v) is 5.75. The molecule has 0 atom stereocenters. The van der Waals surface area contributed by atoms with Crippen LogP contribution in [-0.4, -0.2) is 5.11 Å². The van der Waals surface area contributed by atoms with Gasteiger partial charge < -0.3 is 10.6 Å². The standard InChI is InChI=1S/C18H22N2S/c1-5-15-8-6-7-13(3)17(15)20-18(21)19-16-10-9-12(2)14(4)11-16/h6-11H,5H2,1-4H3,(H2,19,20,21). The number of nitrogens with one attached hydrogen (secondary N) is 2. The number of benzene rings is 2. The average molecular weight is 298 g/mol. The summed E-state index contributed by atoms with van der Waals surface area (Å²) in [4.78, 5) is 0. The second-order valence-electron chi connectivity index (χ2n) is 5.34. The third-order valence-corrected chi connectivity index (χ3v) is 3.95. The molecule has 0 heterocycles. The Labute approximate surface area is 132 Å². The summed E-state index contributed by atoms with van der Waals surface area (Å²) in [6.07, 6.45) is 0.982. The molecule has 21 heavy (non-hydrogen) atoms. The lowest BCUT2D eigenvalue weighted by Gasteiger charge is -2.16. The number of anilines is 2. The fraction of sp³-hybridized carbons (Fsp3) is 0.278. The van der Waals surface area contributed by atoms with Crippen molar-refractivity contribution in [2.24, 2.45) is 0 Å². The quantitative estimate of drug-likeness (QED) is 0.781. The van der Waals surface area contributed by atoms with Crippen molar-refractivity contribution < 1.29 is 0 Å². The number of hydrogen-bond donors (Lipinski definition) is 2. The Kier molecular flexibility index (Phi) is 4.97. The van der Waals surface area contributed by atoms with Gasteiger partial charge in [0.2, 0.25) is 0 Å². The highest BCUT2D eigenvalue weighted by Gasteiger charge is 2.06. The molecule has 2 aromatic rings. The first-order chi connectivity index (χ1) is 10.0. The Bertz CT molecular complexity index is 662. The van der Waals surface area contributed by atoms with E-state index in [1.165, 1.54) is 22.3 Å². The summed E-state index contributed by atoms with van der Waals surface area (Å²) in [6, 6.07) is 12.6. The summed E-state index contributed by atoms with van der Waals surface area (Å²) in [5, 5.41) is 7.22. The van der Waals surface area contributed by atoms with Crippen LogP contribution in [0.15, 0.2) is 36.4 Å². The van der Waals surface area contributed by atoms with Gasteiger partial charge in [0.05, 0.1) is 0 Å². The van der Waals surface area contributed by atoms with Gasteiger partial charge in [0.25, 0.3) is 0 Å². The van der Waals surface area contributed by atoms with Crippen molar-refractivity contribution in [1.82, 2.24) is 0 Å². The molecule has 0 aliphatic heterocycles. The van der Waals surface area contributed by atoms with E-state index in [1.54, 1.807) is 0 Å². The Balaban J connectivity index is 2.13. The molecule has 0 radical (unpaired) electrons. The summed E-state index contributed by atoms with van der Waals surface area (Å²) < 4.78 is 0. The molecule has 2 rings (SSSR count). The van der Waals surface area contributed by atoms with Gasteiger partial charge >= 0.3 is 0 Å². The molecular weight excluding hydrogens is 276 g/mol. The zero-order valence-electron chi connectivity index (χ0n) is 13.1. The highest BCUT2D eigenvalue weighted by molar-refractivity contribution is 7.80. The van der Waals surface area contributed by atoms with E-state index >= 15 is 0 Å². The van der Waals surface area contributed by atoms with Gasteiger partial charge in [0.15, 0.2) is 5.11 Å². The molecule has 0 spiro atoms. The Morgan fingerprint density at radius 1 is 0.952 bits per heavy atom. The lowest BCUT2D eigenvalue weighted by Crippen LogP contribution is -2.20. The number of hydrogen-bond acceptors (Lipinski definition) is 1. The maximum atomic E-state index is 5.44. The van der Waals surface area contributed by atoms with Crippen molar-refractivity contribution in [2.45, 2.75) is 34.1 Å². The normalized spacial score (nSPS) is 10.3. The van der Waals surface area contributed by atoms with Crippen molar-refractivity contribution in [3.63, 3.8) is 0 Å². The van der Waals surface area contributed by atoms with Gasteiger partial charge in [-0.05, 0) is 73.8 Å². The van der Waals surface area contributed by atoms with Crippen LogP contribution in [0.1, 0.15) is 29.2 Å². The van der Waals surface area contributed by atoms with Crippen LogP contribution in [0.2, 0.25) is 0 Å². The minimum Gasteiger partial charge on any atom is -0.332 e. The SMILES string of the molecule is CCc1cccc(C)c1NC(=S)Nc1ccc(C)c(C)c1. The summed E-state index contributed by atoms with van der Waals surface area (Å²) in [5.74, 6) is 0. The van der Waals surface area contributed by atoms with Crippen molar-refractivity contribution >= 4 is 28.7 Å². The fourth-order valence-electron chi connectivity index (χ4n) is 2.30. The van der Waals surface area contributed by atoms with Crippen LogP contribution < -0.4 is 10.6 Å². The molecule has 3 heteroatoms. The van der Waals surface area contributed by atoms with Crippen LogP contribution in [0.4, 0.5) is 11.4 Å². The molecule has 0 unspecified atom stereocenters.